The molecule has 1 heterocycles. The first-order valence-electron chi connectivity index (χ1n) is 6.23. The van der Waals surface area contributed by atoms with Crippen LogP contribution < -0.4 is 28.0 Å². The van der Waals surface area contributed by atoms with Crippen LogP contribution in [0.2, 0.25) is 0 Å². The molecule has 20 heavy (non-hydrogen) atoms. The molecule has 0 amide bonds. The fraction of sp³-hybridized carbons (Fsp3) is 0.286. The maximum absolute atomic E-state index is 9.03. The lowest BCUT2D eigenvalue weighted by molar-refractivity contribution is -0.671. The van der Waals surface area contributed by atoms with Crippen LogP contribution in [-0.2, 0) is 13.6 Å². The Balaban J connectivity index is 0.00000200. The molecule has 1 aromatic heterocycles. The Morgan fingerprint density at radius 3 is 2.90 bits per heavy atom. The highest BCUT2D eigenvalue weighted by molar-refractivity contribution is 5.62. The van der Waals surface area contributed by atoms with E-state index in [1.54, 1.807) is 12.1 Å². The van der Waals surface area contributed by atoms with Crippen LogP contribution in [0.4, 0.5) is 11.4 Å². The van der Waals surface area contributed by atoms with Crippen LogP contribution in [-0.4, -0.2) is 11.1 Å². The van der Waals surface area contributed by atoms with Crippen LogP contribution >= 0.6 is 0 Å². The van der Waals surface area contributed by atoms with E-state index in [1.807, 2.05) is 36.4 Å². The number of aryl methyl sites for hydroxylation is 2. The van der Waals surface area contributed by atoms with Crippen molar-refractivity contribution in [1.29, 1.82) is 5.26 Å². The number of rotatable bonds is 5. The third-order valence-electron chi connectivity index (χ3n) is 2.90. The lowest BCUT2D eigenvalue weighted by Gasteiger charge is -2.07. The highest BCUT2D eigenvalue weighted by Gasteiger charge is 2.03. The average Bonchev–Trinajstić information content (AvgIpc) is 2.81. The first-order chi connectivity index (χ1) is 9.19. The van der Waals surface area contributed by atoms with Gasteiger partial charge in [-0.25, -0.2) is 9.13 Å². The SMILES string of the molecule is C[n+]1ccn(CCCNc2ccc(N)cc2C#N)c1.[Cl-]. The first kappa shape index (κ1) is 15.9. The Kier molecular flexibility index (Phi) is 5.88. The smallest absolute Gasteiger partial charge is 0.243 e. The summed E-state index contributed by atoms with van der Waals surface area (Å²) >= 11 is 0. The van der Waals surface area contributed by atoms with Gasteiger partial charge in [-0.1, -0.05) is 0 Å². The van der Waals surface area contributed by atoms with Gasteiger partial charge in [-0.3, -0.25) is 0 Å². The van der Waals surface area contributed by atoms with E-state index in [4.69, 9.17) is 11.0 Å². The van der Waals surface area contributed by atoms with Crippen LogP contribution in [0.15, 0.2) is 36.9 Å². The summed E-state index contributed by atoms with van der Waals surface area (Å²) in [5.41, 5.74) is 7.70. The molecule has 106 valence electrons. The number of benzene rings is 1. The number of nitrogens with two attached hydrogens (primary N) is 1. The molecule has 0 unspecified atom stereocenters. The Labute approximate surface area is 125 Å². The average molecular weight is 292 g/mol. The quantitative estimate of drug-likeness (QED) is 0.391. The van der Waals surface area contributed by atoms with Gasteiger partial charge in [-0.15, -0.1) is 0 Å². The molecule has 0 saturated carbocycles. The minimum absolute atomic E-state index is 0. The van der Waals surface area contributed by atoms with E-state index in [-0.39, 0.29) is 12.4 Å². The minimum atomic E-state index is 0. The largest absolute Gasteiger partial charge is 1.00 e. The second-order valence-electron chi connectivity index (χ2n) is 4.51. The lowest BCUT2D eigenvalue weighted by atomic mass is 10.1. The molecule has 0 aliphatic heterocycles. The van der Waals surface area contributed by atoms with Crippen LogP contribution in [0, 0.1) is 11.3 Å². The van der Waals surface area contributed by atoms with Crippen molar-refractivity contribution >= 4 is 11.4 Å². The van der Waals surface area contributed by atoms with Crippen molar-refractivity contribution in [3.63, 3.8) is 0 Å². The molecule has 0 aliphatic carbocycles. The molecule has 2 aromatic rings. The second-order valence-corrected chi connectivity index (χ2v) is 4.51. The molecule has 0 aliphatic rings. The number of aromatic nitrogens is 2. The summed E-state index contributed by atoms with van der Waals surface area (Å²) in [6.45, 7) is 1.77. The Hall–Kier alpha value is -2.19. The van der Waals surface area contributed by atoms with Gasteiger partial charge in [0.15, 0.2) is 0 Å². The van der Waals surface area contributed by atoms with Gasteiger partial charge in [-0.05, 0) is 18.2 Å². The van der Waals surface area contributed by atoms with Crippen LogP contribution in [0.3, 0.4) is 0 Å². The van der Waals surface area contributed by atoms with E-state index in [1.165, 1.54) is 0 Å². The summed E-state index contributed by atoms with van der Waals surface area (Å²) < 4.78 is 4.15. The summed E-state index contributed by atoms with van der Waals surface area (Å²) in [5, 5.41) is 12.3. The summed E-state index contributed by atoms with van der Waals surface area (Å²) in [7, 11) is 2.00. The van der Waals surface area contributed by atoms with Crippen LogP contribution in [0.5, 0.6) is 0 Å². The van der Waals surface area contributed by atoms with Crippen LogP contribution in [0.1, 0.15) is 12.0 Å². The number of nitriles is 1. The number of nitrogens with zero attached hydrogens (tertiary/aromatic N) is 3. The number of nitrogens with one attached hydrogen (secondary N) is 1. The highest BCUT2D eigenvalue weighted by atomic mass is 35.5. The zero-order chi connectivity index (χ0) is 13.7. The Bertz CT molecular complexity index is 600. The fourth-order valence-electron chi connectivity index (χ4n) is 1.93. The van der Waals surface area contributed by atoms with E-state index in [0.717, 1.165) is 25.2 Å². The van der Waals surface area contributed by atoms with Crippen molar-refractivity contribution in [1.82, 2.24) is 4.57 Å². The zero-order valence-corrected chi connectivity index (χ0v) is 12.1. The number of halogens is 1. The molecule has 0 atom stereocenters. The fourth-order valence-corrected chi connectivity index (χ4v) is 1.93. The Morgan fingerprint density at radius 1 is 1.45 bits per heavy atom. The highest BCUT2D eigenvalue weighted by Crippen LogP contribution is 2.17. The molecule has 2 rings (SSSR count). The standard InChI is InChI=1S/C14H18N5.ClH/c1-18-7-8-19(11-18)6-2-5-17-14-4-3-13(16)9-12(14)10-15;/h3-4,7-9,11,17H,2,5-6,16H2,1H3;1H/q+1;/p-1. The molecule has 0 saturated heterocycles. The monoisotopic (exact) mass is 291 g/mol. The van der Waals surface area contributed by atoms with Gasteiger partial charge in [0.2, 0.25) is 6.33 Å². The number of nitrogen functional groups attached to an aromatic ring is 1. The van der Waals surface area contributed by atoms with Gasteiger partial charge in [0.05, 0.1) is 24.8 Å². The second kappa shape index (κ2) is 7.41. The normalized spacial score (nSPS) is 9.60. The molecule has 0 radical (unpaired) electrons. The van der Waals surface area contributed by atoms with E-state index < -0.39 is 0 Å². The predicted octanol–water partition coefficient (Wildman–Crippen LogP) is -1.73. The van der Waals surface area contributed by atoms with E-state index in [0.29, 0.717) is 11.3 Å². The first-order valence-corrected chi connectivity index (χ1v) is 6.23. The van der Waals surface area contributed by atoms with Crippen molar-refractivity contribution in [2.24, 2.45) is 7.05 Å². The molecular formula is C14H18ClN5. The maximum Gasteiger partial charge on any atom is 0.243 e. The summed E-state index contributed by atoms with van der Waals surface area (Å²) in [5.74, 6) is 0. The molecule has 3 N–H and O–H groups in total. The summed E-state index contributed by atoms with van der Waals surface area (Å²) in [6, 6.07) is 7.49. The maximum atomic E-state index is 9.03. The van der Waals surface area contributed by atoms with Crippen molar-refractivity contribution < 1.29 is 17.0 Å². The van der Waals surface area contributed by atoms with E-state index >= 15 is 0 Å². The summed E-state index contributed by atoms with van der Waals surface area (Å²) in [6.07, 6.45) is 7.10. The molecular weight excluding hydrogens is 274 g/mol. The molecule has 0 fully saturated rings. The number of anilines is 2. The molecule has 0 bridgehead atoms. The number of imidazole rings is 1. The van der Waals surface area contributed by atoms with Gasteiger partial charge < -0.3 is 23.5 Å². The number of hydrogen-bond acceptors (Lipinski definition) is 3. The third-order valence-corrected chi connectivity index (χ3v) is 2.90. The molecule has 6 heteroatoms. The predicted molar refractivity (Wildman–Crippen MR) is 74.3 cm³/mol. The molecule has 5 nitrogen and oxygen atoms in total. The zero-order valence-electron chi connectivity index (χ0n) is 11.4. The topological polar surface area (TPSA) is 70.7 Å². The van der Waals surface area contributed by atoms with Crippen molar-refractivity contribution in [3.05, 3.63) is 42.5 Å². The summed E-state index contributed by atoms with van der Waals surface area (Å²) in [4.78, 5) is 0. The third kappa shape index (κ3) is 4.18. The van der Waals surface area contributed by atoms with Gasteiger partial charge in [-0.2, -0.15) is 5.26 Å². The van der Waals surface area contributed by atoms with Gasteiger partial charge >= 0.3 is 0 Å². The van der Waals surface area contributed by atoms with Gasteiger partial charge in [0.1, 0.15) is 18.5 Å². The lowest BCUT2D eigenvalue weighted by Crippen LogP contribution is -3.00. The van der Waals surface area contributed by atoms with Crippen molar-refractivity contribution in [2.75, 3.05) is 17.6 Å². The van der Waals surface area contributed by atoms with E-state index in [2.05, 4.69) is 16.0 Å². The molecule has 0 spiro atoms. The van der Waals surface area contributed by atoms with E-state index in [9.17, 15) is 0 Å². The van der Waals surface area contributed by atoms with Gasteiger partial charge in [0, 0.05) is 18.7 Å². The molecule has 1 aromatic carbocycles. The van der Waals surface area contributed by atoms with Crippen LogP contribution in [0.25, 0.3) is 0 Å². The number of hydrogen-bond donors (Lipinski definition) is 2. The van der Waals surface area contributed by atoms with Crippen molar-refractivity contribution in [2.45, 2.75) is 13.0 Å². The Morgan fingerprint density at radius 2 is 2.25 bits per heavy atom. The minimum Gasteiger partial charge on any atom is -1.00 e. The van der Waals surface area contributed by atoms with Crippen molar-refractivity contribution in [3.8, 4) is 6.07 Å². The van der Waals surface area contributed by atoms with Gasteiger partial charge in [0.25, 0.3) is 0 Å².